The quantitative estimate of drug-likeness (QED) is 0.760. The van der Waals surface area contributed by atoms with Crippen molar-refractivity contribution in [3.63, 3.8) is 0 Å². The lowest BCUT2D eigenvalue weighted by molar-refractivity contribution is 0.107. The minimum Gasteiger partial charge on any atom is -0.507 e. The van der Waals surface area contributed by atoms with Gasteiger partial charge in [-0.25, -0.2) is 0 Å². The molecule has 1 rings (SSSR count). The first-order chi connectivity index (χ1) is 5.11. The number of hydrogen-bond donors (Lipinski definition) is 1. The second kappa shape index (κ2) is 3.24. The molecule has 0 fully saturated rings. The average Bonchev–Trinajstić information content (AvgIpc) is 1.94. The van der Waals surface area contributed by atoms with E-state index in [-0.39, 0.29) is 11.3 Å². The number of halogens is 2. The molecule has 11 heavy (non-hydrogen) atoms. The number of rotatable bonds is 1. The molecular formula is C7H4BrClO2. The molecule has 1 aromatic carbocycles. The Hall–Kier alpha value is -0.540. The Morgan fingerprint density at radius 1 is 1.55 bits per heavy atom. The van der Waals surface area contributed by atoms with Crippen molar-refractivity contribution in [3.05, 3.63) is 28.2 Å². The topological polar surface area (TPSA) is 37.3 Å². The lowest BCUT2D eigenvalue weighted by Gasteiger charge is -1.97. The van der Waals surface area contributed by atoms with Crippen LogP contribution < -0.4 is 0 Å². The lowest BCUT2D eigenvalue weighted by Crippen LogP contribution is -1.88. The predicted octanol–water partition coefficient (Wildman–Crippen LogP) is 2.53. The van der Waals surface area contributed by atoms with E-state index in [9.17, 15) is 4.79 Å². The molecule has 1 N–H and O–H groups in total. The maximum absolute atomic E-state index is 10.6. The monoisotopic (exact) mass is 234 g/mol. The van der Waals surface area contributed by atoms with E-state index in [2.05, 4.69) is 15.9 Å². The minimum atomic E-state index is -0.663. The van der Waals surface area contributed by atoms with Gasteiger partial charge in [-0.2, -0.15) is 0 Å². The fraction of sp³-hybridized carbons (Fsp3) is 0. The molecule has 0 aromatic heterocycles. The van der Waals surface area contributed by atoms with E-state index in [1.165, 1.54) is 12.1 Å². The first-order valence-corrected chi connectivity index (χ1v) is 3.96. The summed E-state index contributed by atoms with van der Waals surface area (Å²) in [6.07, 6.45) is 0. The highest BCUT2D eigenvalue weighted by molar-refractivity contribution is 9.10. The third-order valence-corrected chi connectivity index (χ3v) is 1.87. The van der Waals surface area contributed by atoms with Crippen LogP contribution in [0.15, 0.2) is 22.7 Å². The fourth-order valence-corrected chi connectivity index (χ4v) is 1.18. The van der Waals surface area contributed by atoms with E-state index in [0.29, 0.717) is 4.47 Å². The number of benzene rings is 1. The molecule has 0 amide bonds. The number of phenols is 1. The summed E-state index contributed by atoms with van der Waals surface area (Å²) in [7, 11) is 0. The van der Waals surface area contributed by atoms with Crippen LogP contribution in [0.1, 0.15) is 10.4 Å². The summed E-state index contributed by atoms with van der Waals surface area (Å²) in [5, 5.41) is 8.42. The summed E-state index contributed by atoms with van der Waals surface area (Å²) in [6, 6.07) is 4.49. The molecule has 0 aliphatic rings. The largest absolute Gasteiger partial charge is 0.507 e. The second-order valence-electron chi connectivity index (χ2n) is 1.94. The maximum Gasteiger partial charge on any atom is 0.256 e. The first kappa shape index (κ1) is 8.56. The molecule has 0 unspecified atom stereocenters. The van der Waals surface area contributed by atoms with Crippen LogP contribution in [0.3, 0.4) is 0 Å². The SMILES string of the molecule is O=C(Cl)c1cc(Br)ccc1O. The van der Waals surface area contributed by atoms with Crippen LogP contribution in [-0.4, -0.2) is 10.3 Å². The van der Waals surface area contributed by atoms with Gasteiger partial charge in [0.15, 0.2) is 0 Å². The molecule has 0 bridgehead atoms. The van der Waals surface area contributed by atoms with Gasteiger partial charge in [0, 0.05) is 4.47 Å². The highest BCUT2D eigenvalue weighted by Crippen LogP contribution is 2.22. The summed E-state index contributed by atoms with van der Waals surface area (Å²) < 4.78 is 0.708. The van der Waals surface area contributed by atoms with Gasteiger partial charge in [-0.3, -0.25) is 4.79 Å². The molecule has 58 valence electrons. The van der Waals surface area contributed by atoms with Crippen LogP contribution in [0, 0.1) is 0 Å². The van der Waals surface area contributed by atoms with Gasteiger partial charge in [0.2, 0.25) is 0 Å². The van der Waals surface area contributed by atoms with E-state index >= 15 is 0 Å². The highest BCUT2D eigenvalue weighted by Gasteiger charge is 2.07. The van der Waals surface area contributed by atoms with Crippen molar-refractivity contribution in [2.45, 2.75) is 0 Å². The zero-order chi connectivity index (χ0) is 8.43. The minimum absolute atomic E-state index is 0.104. The van der Waals surface area contributed by atoms with E-state index in [1.54, 1.807) is 6.07 Å². The summed E-state index contributed by atoms with van der Waals surface area (Å²) in [5.74, 6) is -0.104. The van der Waals surface area contributed by atoms with E-state index in [0.717, 1.165) is 0 Å². The summed E-state index contributed by atoms with van der Waals surface area (Å²) >= 11 is 8.30. The van der Waals surface area contributed by atoms with Gasteiger partial charge < -0.3 is 5.11 Å². The first-order valence-electron chi connectivity index (χ1n) is 2.79. The standard InChI is InChI=1S/C7H4BrClO2/c8-4-1-2-6(10)5(3-4)7(9)11/h1-3,10H. The third-order valence-electron chi connectivity index (χ3n) is 1.17. The van der Waals surface area contributed by atoms with Gasteiger partial charge in [0.1, 0.15) is 5.75 Å². The molecule has 1 aromatic rings. The number of hydrogen-bond acceptors (Lipinski definition) is 2. The smallest absolute Gasteiger partial charge is 0.256 e. The van der Waals surface area contributed by atoms with Crippen molar-refractivity contribution < 1.29 is 9.90 Å². The molecular weight excluding hydrogens is 231 g/mol. The normalized spacial score (nSPS) is 9.64. The average molecular weight is 235 g/mol. The Morgan fingerprint density at radius 2 is 2.18 bits per heavy atom. The molecule has 0 spiro atoms. The third kappa shape index (κ3) is 1.94. The van der Waals surface area contributed by atoms with Gasteiger partial charge in [-0.15, -0.1) is 0 Å². The summed E-state index contributed by atoms with van der Waals surface area (Å²) in [6.45, 7) is 0. The molecule has 0 saturated carbocycles. The van der Waals surface area contributed by atoms with Crippen LogP contribution in [0.5, 0.6) is 5.75 Å². The van der Waals surface area contributed by atoms with Crippen molar-refractivity contribution in [3.8, 4) is 5.75 Å². The number of carbonyl (C=O) groups excluding carboxylic acids is 1. The summed E-state index contributed by atoms with van der Waals surface area (Å²) in [5.41, 5.74) is 0.112. The Bertz CT molecular complexity index is 298. The molecule has 0 aliphatic carbocycles. The van der Waals surface area contributed by atoms with Gasteiger partial charge >= 0.3 is 0 Å². The summed E-state index contributed by atoms with van der Waals surface area (Å²) in [4.78, 5) is 10.6. The van der Waals surface area contributed by atoms with Crippen LogP contribution in [0.4, 0.5) is 0 Å². The van der Waals surface area contributed by atoms with Crippen molar-refractivity contribution >= 4 is 32.8 Å². The Kier molecular flexibility index (Phi) is 2.52. The number of phenolic OH excluding ortho intramolecular Hbond substituents is 1. The zero-order valence-corrected chi connectivity index (χ0v) is 7.69. The van der Waals surface area contributed by atoms with Crippen LogP contribution in [0.2, 0.25) is 0 Å². The lowest BCUT2D eigenvalue weighted by atomic mass is 10.2. The Balaban J connectivity index is 3.23. The van der Waals surface area contributed by atoms with E-state index < -0.39 is 5.24 Å². The Labute approximate surface area is 76.9 Å². The van der Waals surface area contributed by atoms with Crippen molar-refractivity contribution in [1.82, 2.24) is 0 Å². The van der Waals surface area contributed by atoms with Crippen molar-refractivity contribution in [1.29, 1.82) is 0 Å². The van der Waals surface area contributed by atoms with E-state index in [4.69, 9.17) is 16.7 Å². The van der Waals surface area contributed by atoms with Crippen molar-refractivity contribution in [2.24, 2.45) is 0 Å². The van der Waals surface area contributed by atoms with Gasteiger partial charge in [-0.1, -0.05) is 15.9 Å². The predicted molar refractivity (Wildman–Crippen MR) is 46.0 cm³/mol. The molecule has 4 heteroatoms. The van der Waals surface area contributed by atoms with Crippen LogP contribution in [0.25, 0.3) is 0 Å². The second-order valence-corrected chi connectivity index (χ2v) is 3.19. The number of carbonyl (C=O) groups is 1. The Morgan fingerprint density at radius 3 is 2.64 bits per heavy atom. The van der Waals surface area contributed by atoms with Crippen LogP contribution >= 0.6 is 27.5 Å². The zero-order valence-electron chi connectivity index (χ0n) is 5.34. The van der Waals surface area contributed by atoms with Crippen LogP contribution in [-0.2, 0) is 0 Å². The van der Waals surface area contributed by atoms with E-state index in [1.807, 2.05) is 0 Å². The molecule has 0 atom stereocenters. The van der Waals surface area contributed by atoms with Crippen molar-refractivity contribution in [2.75, 3.05) is 0 Å². The van der Waals surface area contributed by atoms with Gasteiger partial charge in [0.25, 0.3) is 5.24 Å². The molecule has 0 aliphatic heterocycles. The number of aromatic hydroxyl groups is 1. The molecule has 2 nitrogen and oxygen atoms in total. The maximum atomic E-state index is 10.6. The van der Waals surface area contributed by atoms with Gasteiger partial charge in [-0.05, 0) is 29.8 Å². The van der Waals surface area contributed by atoms with Gasteiger partial charge in [0.05, 0.1) is 5.56 Å². The highest BCUT2D eigenvalue weighted by atomic mass is 79.9. The molecule has 0 saturated heterocycles. The molecule has 0 heterocycles. The molecule has 0 radical (unpaired) electrons. The fourth-order valence-electron chi connectivity index (χ4n) is 0.666.